The first-order valence-corrected chi connectivity index (χ1v) is 8.02. The molecule has 2 aromatic rings. The Bertz CT molecular complexity index is 715. The van der Waals surface area contributed by atoms with Crippen molar-refractivity contribution in [1.82, 2.24) is 0 Å². The van der Waals surface area contributed by atoms with Crippen molar-refractivity contribution in [3.05, 3.63) is 53.6 Å². The van der Waals surface area contributed by atoms with Crippen LogP contribution in [0.4, 0.5) is 5.69 Å². The maximum atomic E-state index is 12.3. The third-order valence-electron chi connectivity index (χ3n) is 4.12. The van der Waals surface area contributed by atoms with E-state index in [9.17, 15) is 9.90 Å². The summed E-state index contributed by atoms with van der Waals surface area (Å²) in [6, 6.07) is 13.7. The average Bonchev–Trinajstić information content (AvgIpc) is 2.63. The van der Waals surface area contributed by atoms with E-state index in [2.05, 4.69) is 12.1 Å². The lowest BCUT2D eigenvalue weighted by atomic mass is 10.1. The number of hydrogen-bond acceptors (Lipinski definition) is 4. The van der Waals surface area contributed by atoms with Crippen LogP contribution in [0, 0.1) is 0 Å². The van der Waals surface area contributed by atoms with E-state index < -0.39 is 0 Å². The van der Waals surface area contributed by atoms with Crippen LogP contribution in [0.15, 0.2) is 42.5 Å². The van der Waals surface area contributed by atoms with Crippen molar-refractivity contribution in [3.8, 4) is 11.5 Å². The fraction of sp³-hybridized carbons (Fsp3) is 0.316. The zero-order chi connectivity index (χ0) is 16.9. The molecule has 0 saturated heterocycles. The van der Waals surface area contributed by atoms with Crippen molar-refractivity contribution in [2.75, 3.05) is 25.2 Å². The van der Waals surface area contributed by atoms with E-state index in [0.717, 1.165) is 12.8 Å². The molecule has 3 rings (SSSR count). The van der Waals surface area contributed by atoms with Crippen molar-refractivity contribution in [2.24, 2.45) is 0 Å². The Kier molecular flexibility index (Phi) is 5.01. The van der Waals surface area contributed by atoms with Gasteiger partial charge in [0.15, 0.2) is 18.1 Å². The van der Waals surface area contributed by atoms with Gasteiger partial charge >= 0.3 is 0 Å². The normalized spacial score (nSPS) is 13.4. The first-order valence-electron chi connectivity index (χ1n) is 8.02. The Labute approximate surface area is 141 Å². The molecule has 24 heavy (non-hydrogen) atoms. The van der Waals surface area contributed by atoms with Crippen LogP contribution in [0.25, 0.3) is 0 Å². The average molecular weight is 327 g/mol. The molecule has 0 aliphatic carbocycles. The van der Waals surface area contributed by atoms with E-state index >= 15 is 0 Å². The number of fused-ring (bicyclic) bond motifs is 1. The van der Waals surface area contributed by atoms with E-state index in [0.29, 0.717) is 29.3 Å². The summed E-state index contributed by atoms with van der Waals surface area (Å²) in [6.45, 7) is 0.491. The van der Waals surface area contributed by atoms with Crippen LogP contribution in [0.2, 0.25) is 0 Å². The second-order valence-electron chi connectivity index (χ2n) is 5.73. The molecule has 1 N–H and O–H groups in total. The van der Waals surface area contributed by atoms with Gasteiger partial charge in [-0.1, -0.05) is 30.3 Å². The molecule has 1 aliphatic heterocycles. The number of methoxy groups -OCH3 is 1. The van der Waals surface area contributed by atoms with Crippen molar-refractivity contribution >= 4 is 11.6 Å². The van der Waals surface area contributed by atoms with Gasteiger partial charge in [0, 0.05) is 6.54 Å². The number of amides is 1. The summed E-state index contributed by atoms with van der Waals surface area (Å²) in [7, 11) is 1.55. The van der Waals surface area contributed by atoms with E-state index in [4.69, 9.17) is 9.47 Å². The number of aryl methyl sites for hydroxylation is 1. The number of carbonyl (C=O) groups is 1. The van der Waals surface area contributed by atoms with Gasteiger partial charge < -0.3 is 19.5 Å². The zero-order valence-corrected chi connectivity index (χ0v) is 13.7. The molecular weight excluding hydrogens is 306 g/mol. The van der Waals surface area contributed by atoms with Crippen LogP contribution in [0.5, 0.6) is 11.5 Å². The van der Waals surface area contributed by atoms with E-state index in [1.54, 1.807) is 24.1 Å². The van der Waals surface area contributed by atoms with Crippen molar-refractivity contribution < 1.29 is 19.4 Å². The number of nitrogens with zero attached hydrogens (tertiary/aromatic N) is 1. The molecule has 0 fully saturated rings. The van der Waals surface area contributed by atoms with Gasteiger partial charge in [0.2, 0.25) is 0 Å². The number of ether oxygens (including phenoxy) is 2. The summed E-state index contributed by atoms with van der Waals surface area (Å²) < 4.78 is 10.9. The highest BCUT2D eigenvalue weighted by Gasteiger charge is 2.28. The maximum absolute atomic E-state index is 12.3. The van der Waals surface area contributed by atoms with E-state index in [-0.39, 0.29) is 19.1 Å². The monoisotopic (exact) mass is 327 g/mol. The van der Waals surface area contributed by atoms with Gasteiger partial charge in [-0.2, -0.15) is 0 Å². The molecule has 1 heterocycles. The minimum atomic E-state index is -0.115. The summed E-state index contributed by atoms with van der Waals surface area (Å²) in [6.07, 6.45) is 1.75. The highest BCUT2D eigenvalue weighted by molar-refractivity contribution is 5.98. The smallest absolute Gasteiger partial charge is 0.265 e. The van der Waals surface area contributed by atoms with Crippen LogP contribution < -0.4 is 14.4 Å². The number of anilines is 1. The summed E-state index contributed by atoms with van der Waals surface area (Å²) >= 11 is 0. The lowest BCUT2D eigenvalue weighted by Crippen LogP contribution is -2.39. The zero-order valence-electron chi connectivity index (χ0n) is 13.7. The molecule has 5 heteroatoms. The predicted octanol–water partition coefficient (Wildman–Crippen LogP) is 2.55. The Hall–Kier alpha value is -2.53. The number of hydrogen-bond donors (Lipinski definition) is 1. The Morgan fingerprint density at radius 2 is 2.00 bits per heavy atom. The van der Waals surface area contributed by atoms with E-state index in [1.165, 1.54) is 5.56 Å². The maximum Gasteiger partial charge on any atom is 0.265 e. The second-order valence-corrected chi connectivity index (χ2v) is 5.73. The lowest BCUT2D eigenvalue weighted by molar-refractivity contribution is -0.121. The molecule has 5 nitrogen and oxygen atoms in total. The summed E-state index contributed by atoms with van der Waals surface area (Å²) in [5, 5.41) is 9.44. The third-order valence-corrected chi connectivity index (χ3v) is 4.12. The molecule has 126 valence electrons. The van der Waals surface area contributed by atoms with Crippen LogP contribution in [-0.2, 0) is 17.8 Å². The van der Waals surface area contributed by atoms with Gasteiger partial charge in [-0.3, -0.25) is 4.79 Å². The highest BCUT2D eigenvalue weighted by atomic mass is 16.5. The van der Waals surface area contributed by atoms with Gasteiger partial charge in [0.1, 0.15) is 0 Å². The first-order chi connectivity index (χ1) is 11.7. The summed E-state index contributed by atoms with van der Waals surface area (Å²) in [4.78, 5) is 14.0. The number of aliphatic hydroxyl groups excluding tert-OH is 1. The van der Waals surface area contributed by atoms with E-state index in [1.807, 2.05) is 18.2 Å². The summed E-state index contributed by atoms with van der Waals surface area (Å²) in [5.74, 6) is 1.03. The van der Waals surface area contributed by atoms with Crippen LogP contribution >= 0.6 is 0 Å². The summed E-state index contributed by atoms with van der Waals surface area (Å²) in [5.41, 5.74) is 2.61. The SMILES string of the molecule is COc1cc(CO)cc2c1OCC(=O)N2CCCc1ccccc1. The van der Waals surface area contributed by atoms with Crippen molar-refractivity contribution in [1.29, 1.82) is 0 Å². The molecular formula is C19H21NO4. The molecule has 1 aliphatic rings. The largest absolute Gasteiger partial charge is 0.493 e. The molecule has 0 atom stereocenters. The second kappa shape index (κ2) is 7.36. The molecule has 0 saturated carbocycles. The Morgan fingerprint density at radius 1 is 1.21 bits per heavy atom. The van der Waals surface area contributed by atoms with Gasteiger partial charge in [-0.25, -0.2) is 0 Å². The highest BCUT2D eigenvalue weighted by Crippen LogP contribution is 2.41. The van der Waals surface area contributed by atoms with Gasteiger partial charge in [0.05, 0.1) is 19.4 Å². The number of benzene rings is 2. The molecule has 0 unspecified atom stereocenters. The fourth-order valence-corrected chi connectivity index (χ4v) is 2.91. The number of aliphatic hydroxyl groups is 1. The predicted molar refractivity (Wildman–Crippen MR) is 91.5 cm³/mol. The molecule has 0 spiro atoms. The molecule has 0 bridgehead atoms. The molecule has 2 aromatic carbocycles. The van der Waals surface area contributed by atoms with Gasteiger partial charge in [-0.05, 0) is 36.1 Å². The quantitative estimate of drug-likeness (QED) is 0.886. The lowest BCUT2D eigenvalue weighted by Gasteiger charge is -2.30. The van der Waals surface area contributed by atoms with Crippen molar-refractivity contribution in [3.63, 3.8) is 0 Å². The van der Waals surface area contributed by atoms with Crippen LogP contribution in [0.3, 0.4) is 0 Å². The third kappa shape index (κ3) is 3.36. The van der Waals surface area contributed by atoms with Gasteiger partial charge in [0.25, 0.3) is 5.91 Å². The molecule has 1 amide bonds. The fourth-order valence-electron chi connectivity index (χ4n) is 2.91. The topological polar surface area (TPSA) is 59.0 Å². The Balaban J connectivity index is 1.80. The van der Waals surface area contributed by atoms with Crippen LogP contribution in [-0.4, -0.2) is 31.3 Å². The molecule has 0 aromatic heterocycles. The van der Waals surface area contributed by atoms with Crippen molar-refractivity contribution in [2.45, 2.75) is 19.4 Å². The minimum absolute atomic E-state index is 0.00711. The number of carbonyl (C=O) groups excluding carboxylic acids is 1. The Morgan fingerprint density at radius 3 is 2.71 bits per heavy atom. The van der Waals surface area contributed by atoms with Gasteiger partial charge in [-0.15, -0.1) is 0 Å². The first kappa shape index (κ1) is 16.3. The van der Waals surface area contributed by atoms with Crippen LogP contribution in [0.1, 0.15) is 17.5 Å². The minimum Gasteiger partial charge on any atom is -0.493 e. The standard InChI is InChI=1S/C19H21NO4/c1-23-17-11-15(12-21)10-16-19(17)24-13-18(22)20(16)9-5-8-14-6-3-2-4-7-14/h2-4,6-7,10-11,21H,5,8-9,12-13H2,1H3. The number of rotatable bonds is 6. The molecule has 0 radical (unpaired) electrons.